The van der Waals surface area contributed by atoms with E-state index in [-0.39, 0.29) is 0 Å². The highest BCUT2D eigenvalue weighted by Crippen LogP contribution is 2.25. The van der Waals surface area contributed by atoms with Gasteiger partial charge in [0, 0.05) is 6.42 Å². The molecule has 0 aromatic rings. The normalized spacial score (nSPS) is 23.9. The van der Waals surface area contributed by atoms with E-state index in [1.807, 2.05) is 0 Å². The summed E-state index contributed by atoms with van der Waals surface area (Å²) in [5.41, 5.74) is 1.18. The van der Waals surface area contributed by atoms with Gasteiger partial charge in [0.1, 0.15) is 0 Å². The number of carbonyl (C=O) groups is 1. The van der Waals surface area contributed by atoms with E-state index >= 15 is 0 Å². The molecule has 0 unspecified atom stereocenters. The molecule has 0 aliphatic heterocycles. The van der Waals surface area contributed by atoms with Crippen molar-refractivity contribution >= 4 is 5.97 Å². The highest BCUT2D eigenvalue weighted by Gasteiger charge is 2.19. The number of allylic oxidation sites excluding steroid dienone is 1. The van der Waals surface area contributed by atoms with E-state index < -0.39 is 12.1 Å². The first-order chi connectivity index (χ1) is 6.63. The molecule has 1 N–H and O–H groups in total. The van der Waals surface area contributed by atoms with Crippen LogP contribution in [0.5, 0.6) is 0 Å². The van der Waals surface area contributed by atoms with Gasteiger partial charge in [0.15, 0.2) is 6.10 Å². The fourth-order valence-electron chi connectivity index (χ4n) is 1.67. The third kappa shape index (κ3) is 3.14. The largest absolute Gasteiger partial charge is 0.467 e. The minimum absolute atomic E-state index is 0.430. The van der Waals surface area contributed by atoms with Crippen molar-refractivity contribution in [3.05, 3.63) is 11.6 Å². The number of carbonyl (C=O) groups excluding carboxylic acids is 1. The van der Waals surface area contributed by atoms with Crippen molar-refractivity contribution in [1.29, 1.82) is 0 Å². The first-order valence-corrected chi connectivity index (χ1v) is 5.07. The molecule has 80 valence electrons. The Bertz CT molecular complexity index is 233. The first-order valence-electron chi connectivity index (χ1n) is 5.07. The van der Waals surface area contributed by atoms with E-state index in [0.717, 1.165) is 25.2 Å². The van der Waals surface area contributed by atoms with Gasteiger partial charge in [-0.2, -0.15) is 0 Å². The molecular weight excluding hydrogens is 180 g/mol. The molecule has 0 saturated carbocycles. The SMILES string of the molecule is COC(=O)[C@H](O)CC1=CC[C@@H](C)CC1. The summed E-state index contributed by atoms with van der Waals surface area (Å²) in [5, 5.41) is 9.42. The summed E-state index contributed by atoms with van der Waals surface area (Å²) < 4.78 is 4.46. The van der Waals surface area contributed by atoms with Crippen LogP contribution in [0.25, 0.3) is 0 Å². The van der Waals surface area contributed by atoms with Gasteiger partial charge in [-0.1, -0.05) is 18.6 Å². The predicted molar refractivity (Wildman–Crippen MR) is 53.7 cm³/mol. The molecule has 0 fully saturated rings. The van der Waals surface area contributed by atoms with Gasteiger partial charge in [-0.3, -0.25) is 0 Å². The Kier molecular flexibility index (Phi) is 4.14. The van der Waals surface area contributed by atoms with Crippen molar-refractivity contribution < 1.29 is 14.6 Å². The average molecular weight is 198 g/mol. The summed E-state index contributed by atoms with van der Waals surface area (Å²) >= 11 is 0. The van der Waals surface area contributed by atoms with Crippen molar-refractivity contribution in [2.24, 2.45) is 5.92 Å². The number of aliphatic hydroxyl groups excluding tert-OH is 1. The van der Waals surface area contributed by atoms with Crippen LogP contribution in [0.1, 0.15) is 32.6 Å². The summed E-state index contributed by atoms with van der Waals surface area (Å²) in [5.74, 6) is 0.193. The molecular formula is C11H18O3. The monoisotopic (exact) mass is 198 g/mol. The quantitative estimate of drug-likeness (QED) is 0.554. The van der Waals surface area contributed by atoms with Crippen LogP contribution in [-0.2, 0) is 9.53 Å². The molecule has 0 heterocycles. The van der Waals surface area contributed by atoms with Gasteiger partial charge in [0.25, 0.3) is 0 Å². The van der Waals surface area contributed by atoms with Crippen molar-refractivity contribution in [1.82, 2.24) is 0 Å². The Labute approximate surface area is 84.8 Å². The maximum atomic E-state index is 11.0. The zero-order valence-corrected chi connectivity index (χ0v) is 8.82. The van der Waals surface area contributed by atoms with Crippen molar-refractivity contribution in [2.75, 3.05) is 7.11 Å². The summed E-state index contributed by atoms with van der Waals surface area (Å²) in [6.07, 6.45) is 4.79. The number of methoxy groups -OCH3 is 1. The average Bonchev–Trinajstić information content (AvgIpc) is 2.20. The Balaban J connectivity index is 2.41. The van der Waals surface area contributed by atoms with Crippen LogP contribution in [-0.4, -0.2) is 24.3 Å². The third-order valence-electron chi connectivity index (χ3n) is 2.70. The van der Waals surface area contributed by atoms with Crippen LogP contribution >= 0.6 is 0 Å². The number of hydrogen-bond acceptors (Lipinski definition) is 3. The van der Waals surface area contributed by atoms with Gasteiger partial charge in [0.05, 0.1) is 7.11 Å². The van der Waals surface area contributed by atoms with E-state index in [9.17, 15) is 9.90 Å². The number of hydrogen-bond donors (Lipinski definition) is 1. The molecule has 0 amide bonds. The molecule has 0 saturated heterocycles. The Morgan fingerprint density at radius 1 is 1.79 bits per heavy atom. The highest BCUT2D eigenvalue weighted by atomic mass is 16.5. The molecule has 0 radical (unpaired) electrons. The van der Waals surface area contributed by atoms with Crippen LogP contribution in [0.4, 0.5) is 0 Å². The zero-order chi connectivity index (χ0) is 10.6. The van der Waals surface area contributed by atoms with Gasteiger partial charge in [0.2, 0.25) is 0 Å². The maximum absolute atomic E-state index is 11.0. The van der Waals surface area contributed by atoms with Gasteiger partial charge in [-0.15, -0.1) is 0 Å². The Hall–Kier alpha value is -0.830. The van der Waals surface area contributed by atoms with E-state index in [4.69, 9.17) is 0 Å². The van der Waals surface area contributed by atoms with E-state index in [0.29, 0.717) is 6.42 Å². The van der Waals surface area contributed by atoms with Crippen molar-refractivity contribution in [2.45, 2.75) is 38.7 Å². The number of aliphatic hydroxyl groups is 1. The zero-order valence-electron chi connectivity index (χ0n) is 8.82. The van der Waals surface area contributed by atoms with Crippen molar-refractivity contribution in [3.63, 3.8) is 0 Å². The fraction of sp³-hybridized carbons (Fsp3) is 0.727. The summed E-state index contributed by atoms with van der Waals surface area (Å²) in [4.78, 5) is 11.0. The second-order valence-electron chi connectivity index (χ2n) is 3.99. The molecule has 0 bridgehead atoms. The molecule has 1 aliphatic rings. The molecule has 0 spiro atoms. The lowest BCUT2D eigenvalue weighted by atomic mass is 9.89. The standard InChI is InChI=1S/C11H18O3/c1-8-3-5-9(6-4-8)7-10(12)11(13)14-2/h5,8,10,12H,3-4,6-7H2,1-2H3/t8-,10-/m1/s1. The van der Waals surface area contributed by atoms with Crippen molar-refractivity contribution in [3.8, 4) is 0 Å². The molecule has 3 nitrogen and oxygen atoms in total. The van der Waals surface area contributed by atoms with Crippen LogP contribution in [0.3, 0.4) is 0 Å². The summed E-state index contributed by atoms with van der Waals surface area (Å²) in [6.45, 7) is 2.21. The first kappa shape index (κ1) is 11.2. The Morgan fingerprint density at radius 2 is 2.50 bits per heavy atom. The van der Waals surface area contributed by atoms with E-state index in [1.54, 1.807) is 0 Å². The predicted octanol–water partition coefficient (Wildman–Crippen LogP) is 1.66. The lowest BCUT2D eigenvalue weighted by Gasteiger charge is -2.19. The smallest absolute Gasteiger partial charge is 0.335 e. The number of rotatable bonds is 3. The second kappa shape index (κ2) is 5.15. The summed E-state index contributed by atoms with van der Waals surface area (Å²) in [7, 11) is 1.29. The number of esters is 1. The minimum atomic E-state index is -0.986. The van der Waals surface area contributed by atoms with Gasteiger partial charge >= 0.3 is 5.97 Å². The third-order valence-corrected chi connectivity index (χ3v) is 2.70. The van der Waals surface area contributed by atoms with Gasteiger partial charge in [-0.05, 0) is 25.2 Å². The molecule has 2 atom stereocenters. The summed E-state index contributed by atoms with van der Waals surface area (Å²) in [6, 6.07) is 0. The van der Waals surface area contributed by atoms with Crippen LogP contribution in [0, 0.1) is 5.92 Å². The van der Waals surface area contributed by atoms with Gasteiger partial charge in [-0.25, -0.2) is 4.79 Å². The number of ether oxygens (including phenoxy) is 1. The topological polar surface area (TPSA) is 46.5 Å². The molecule has 0 aromatic heterocycles. The second-order valence-corrected chi connectivity index (χ2v) is 3.99. The highest BCUT2D eigenvalue weighted by molar-refractivity contribution is 5.74. The molecule has 1 aliphatic carbocycles. The van der Waals surface area contributed by atoms with Crippen LogP contribution in [0.15, 0.2) is 11.6 Å². The lowest BCUT2D eigenvalue weighted by molar-refractivity contribution is -0.150. The minimum Gasteiger partial charge on any atom is -0.467 e. The van der Waals surface area contributed by atoms with Crippen LogP contribution < -0.4 is 0 Å². The van der Waals surface area contributed by atoms with Crippen LogP contribution in [0.2, 0.25) is 0 Å². The molecule has 1 rings (SSSR count). The molecule has 0 aromatic carbocycles. The molecule has 3 heteroatoms. The van der Waals surface area contributed by atoms with E-state index in [2.05, 4.69) is 17.7 Å². The van der Waals surface area contributed by atoms with E-state index in [1.165, 1.54) is 12.7 Å². The van der Waals surface area contributed by atoms with Gasteiger partial charge < -0.3 is 9.84 Å². The Morgan fingerprint density at radius 3 is 3.00 bits per heavy atom. The molecule has 14 heavy (non-hydrogen) atoms. The fourth-order valence-corrected chi connectivity index (χ4v) is 1.67. The maximum Gasteiger partial charge on any atom is 0.335 e. The lowest BCUT2D eigenvalue weighted by Crippen LogP contribution is -2.22.